The Labute approximate surface area is 223 Å². The molecule has 7 nitrogen and oxygen atoms in total. The zero-order valence-electron chi connectivity index (χ0n) is 19.6. The molecule has 0 atom stereocenters. The van der Waals surface area contributed by atoms with Crippen LogP contribution in [-0.2, 0) is 6.18 Å². The van der Waals surface area contributed by atoms with Crippen LogP contribution in [0.25, 0.3) is 22.3 Å². The van der Waals surface area contributed by atoms with Gasteiger partial charge in [0.25, 0.3) is 0 Å². The van der Waals surface area contributed by atoms with E-state index < -0.39 is 28.6 Å². The van der Waals surface area contributed by atoms with Gasteiger partial charge in [-0.15, -0.1) is 0 Å². The number of carbonyl (C=O) groups is 1. The number of nitrogens with one attached hydrogen (secondary N) is 2. The molecule has 12 heteroatoms. The van der Waals surface area contributed by atoms with E-state index in [2.05, 4.69) is 25.6 Å². The molecular formula is C27H16ClF4N5O2. The van der Waals surface area contributed by atoms with Crippen LogP contribution in [0.4, 0.5) is 33.7 Å². The zero-order valence-corrected chi connectivity index (χ0v) is 20.4. The van der Waals surface area contributed by atoms with Gasteiger partial charge in [0.1, 0.15) is 5.75 Å². The van der Waals surface area contributed by atoms with E-state index in [0.29, 0.717) is 28.5 Å². The molecule has 2 heterocycles. The Bertz CT molecular complexity index is 1680. The number of rotatable bonds is 5. The maximum absolute atomic E-state index is 14.8. The molecule has 0 unspecified atom stereocenters. The first-order chi connectivity index (χ1) is 18.7. The number of amides is 2. The van der Waals surface area contributed by atoms with Gasteiger partial charge >= 0.3 is 12.2 Å². The van der Waals surface area contributed by atoms with Crippen LogP contribution in [0.2, 0.25) is 5.02 Å². The van der Waals surface area contributed by atoms with Crippen molar-refractivity contribution < 1.29 is 27.1 Å². The summed E-state index contributed by atoms with van der Waals surface area (Å²) in [4.78, 5) is 25.3. The first kappa shape index (κ1) is 25.9. The van der Waals surface area contributed by atoms with Gasteiger partial charge in [-0.25, -0.2) is 14.2 Å². The van der Waals surface area contributed by atoms with E-state index >= 15 is 0 Å². The van der Waals surface area contributed by atoms with Crippen molar-refractivity contribution in [1.29, 1.82) is 0 Å². The molecule has 0 saturated carbocycles. The van der Waals surface area contributed by atoms with Crippen LogP contribution in [0, 0.1) is 5.82 Å². The third-order valence-electron chi connectivity index (χ3n) is 5.42. The lowest BCUT2D eigenvalue weighted by molar-refractivity contribution is -0.137. The Hall–Kier alpha value is -4.77. The van der Waals surface area contributed by atoms with Crippen molar-refractivity contribution in [3.8, 4) is 22.8 Å². The topological polar surface area (TPSA) is 89.0 Å². The molecule has 0 radical (unpaired) electrons. The Morgan fingerprint density at radius 1 is 0.897 bits per heavy atom. The summed E-state index contributed by atoms with van der Waals surface area (Å²) in [6.45, 7) is 0. The molecule has 0 bridgehead atoms. The molecule has 0 aliphatic rings. The lowest BCUT2D eigenvalue weighted by Gasteiger charge is -2.13. The summed E-state index contributed by atoms with van der Waals surface area (Å²) in [5.74, 6) is -0.598. The summed E-state index contributed by atoms with van der Waals surface area (Å²) in [6, 6.07) is 14.3. The Kier molecular flexibility index (Phi) is 6.99. The van der Waals surface area contributed by atoms with Crippen LogP contribution in [0.3, 0.4) is 0 Å². The van der Waals surface area contributed by atoms with Crippen LogP contribution < -0.4 is 15.4 Å². The number of anilines is 2. The summed E-state index contributed by atoms with van der Waals surface area (Å²) in [5.41, 5.74) is 1.35. The summed E-state index contributed by atoms with van der Waals surface area (Å²) in [6.07, 6.45) is 0.252. The van der Waals surface area contributed by atoms with Crippen molar-refractivity contribution in [2.24, 2.45) is 0 Å². The highest BCUT2D eigenvalue weighted by molar-refractivity contribution is 6.31. The highest BCUT2D eigenvalue weighted by atomic mass is 35.5. The fraction of sp³-hybridized carbons (Fsp3) is 0.0370. The summed E-state index contributed by atoms with van der Waals surface area (Å²) < 4.78 is 59.6. The predicted octanol–water partition coefficient (Wildman–Crippen LogP) is 7.94. The first-order valence-corrected chi connectivity index (χ1v) is 11.6. The number of hydrogen-bond donors (Lipinski definition) is 2. The van der Waals surface area contributed by atoms with Gasteiger partial charge in [0.15, 0.2) is 11.6 Å². The molecule has 196 valence electrons. The standard InChI is InChI=1S/C27H16ClF4N5O2/c28-20-6-3-16(10-19(20)27(30,31)32)35-26(38)36-17-4-8-25(21(29)11-17)39-18-5-7-22-23(12-18)37-24(14-34-22)15-2-1-9-33-13-15/h1-14H,(H2,35,36,38). The number of aromatic nitrogens is 3. The number of urea groups is 1. The van der Waals surface area contributed by atoms with Gasteiger partial charge < -0.3 is 15.4 Å². The second kappa shape index (κ2) is 10.5. The second-order valence-corrected chi connectivity index (χ2v) is 8.57. The minimum Gasteiger partial charge on any atom is -0.454 e. The maximum atomic E-state index is 14.8. The quantitative estimate of drug-likeness (QED) is 0.216. The van der Waals surface area contributed by atoms with Crippen LogP contribution in [0.1, 0.15) is 5.56 Å². The molecule has 0 saturated heterocycles. The van der Waals surface area contributed by atoms with Gasteiger partial charge in [-0.1, -0.05) is 11.6 Å². The van der Waals surface area contributed by atoms with Gasteiger partial charge in [-0.05, 0) is 54.6 Å². The number of fused-ring (bicyclic) bond motifs is 1. The summed E-state index contributed by atoms with van der Waals surface area (Å²) in [5, 5.41) is 4.11. The van der Waals surface area contributed by atoms with Gasteiger partial charge in [-0.2, -0.15) is 13.2 Å². The normalized spacial score (nSPS) is 11.3. The van der Waals surface area contributed by atoms with E-state index in [1.807, 2.05) is 6.07 Å². The second-order valence-electron chi connectivity index (χ2n) is 8.17. The predicted molar refractivity (Wildman–Crippen MR) is 138 cm³/mol. The molecule has 3 aromatic carbocycles. The van der Waals surface area contributed by atoms with E-state index in [1.165, 1.54) is 18.2 Å². The van der Waals surface area contributed by atoms with E-state index in [9.17, 15) is 22.4 Å². The van der Waals surface area contributed by atoms with E-state index in [4.69, 9.17) is 16.3 Å². The lowest BCUT2D eigenvalue weighted by Crippen LogP contribution is -2.20. The average molecular weight is 554 g/mol. The molecule has 2 N–H and O–H groups in total. The van der Waals surface area contributed by atoms with Crippen molar-refractivity contribution in [2.75, 3.05) is 10.6 Å². The monoisotopic (exact) mass is 553 g/mol. The largest absolute Gasteiger partial charge is 0.454 e. The minimum absolute atomic E-state index is 0.0489. The van der Waals surface area contributed by atoms with Gasteiger partial charge in [-0.3, -0.25) is 9.97 Å². The van der Waals surface area contributed by atoms with Gasteiger partial charge in [0, 0.05) is 41.5 Å². The molecular weight excluding hydrogens is 538 g/mol. The van der Waals surface area contributed by atoms with Crippen LogP contribution in [-0.4, -0.2) is 21.0 Å². The highest BCUT2D eigenvalue weighted by Crippen LogP contribution is 2.36. The van der Waals surface area contributed by atoms with Crippen LogP contribution in [0.15, 0.2) is 85.3 Å². The highest BCUT2D eigenvalue weighted by Gasteiger charge is 2.33. The molecule has 5 rings (SSSR count). The maximum Gasteiger partial charge on any atom is 0.417 e. The van der Waals surface area contributed by atoms with Crippen LogP contribution >= 0.6 is 11.6 Å². The van der Waals surface area contributed by atoms with E-state index in [0.717, 1.165) is 17.7 Å². The van der Waals surface area contributed by atoms with Crippen molar-refractivity contribution in [2.45, 2.75) is 6.18 Å². The number of carbonyl (C=O) groups excluding carboxylic acids is 1. The average Bonchev–Trinajstić information content (AvgIpc) is 2.91. The Morgan fingerprint density at radius 2 is 1.67 bits per heavy atom. The molecule has 5 aromatic rings. The van der Waals surface area contributed by atoms with E-state index in [1.54, 1.807) is 42.9 Å². The third kappa shape index (κ3) is 6.04. The molecule has 2 aromatic heterocycles. The fourth-order valence-electron chi connectivity index (χ4n) is 3.61. The summed E-state index contributed by atoms with van der Waals surface area (Å²) >= 11 is 5.59. The van der Waals surface area contributed by atoms with Crippen molar-refractivity contribution >= 4 is 40.0 Å². The molecule has 2 amide bonds. The molecule has 0 spiro atoms. The Balaban J connectivity index is 1.28. The lowest BCUT2D eigenvalue weighted by atomic mass is 10.2. The summed E-state index contributed by atoms with van der Waals surface area (Å²) in [7, 11) is 0. The SMILES string of the molecule is O=C(Nc1ccc(Oc2ccc3ncc(-c4cccnc4)nc3c2)c(F)c1)Nc1ccc(Cl)c(C(F)(F)F)c1. The van der Waals surface area contributed by atoms with Crippen molar-refractivity contribution in [3.63, 3.8) is 0 Å². The number of halogens is 5. The van der Waals surface area contributed by atoms with Crippen molar-refractivity contribution in [3.05, 3.63) is 102 Å². The molecule has 0 aliphatic carbocycles. The number of nitrogens with zero attached hydrogens (tertiary/aromatic N) is 3. The fourth-order valence-corrected chi connectivity index (χ4v) is 3.83. The number of hydrogen-bond acceptors (Lipinski definition) is 5. The smallest absolute Gasteiger partial charge is 0.417 e. The Morgan fingerprint density at radius 3 is 2.38 bits per heavy atom. The minimum atomic E-state index is -4.69. The number of benzene rings is 3. The van der Waals surface area contributed by atoms with E-state index in [-0.39, 0.29) is 17.1 Å². The molecule has 39 heavy (non-hydrogen) atoms. The molecule has 0 fully saturated rings. The van der Waals surface area contributed by atoms with Crippen LogP contribution in [0.5, 0.6) is 11.5 Å². The third-order valence-corrected chi connectivity index (χ3v) is 5.75. The van der Waals surface area contributed by atoms with Gasteiger partial charge in [0.05, 0.1) is 33.5 Å². The zero-order chi connectivity index (χ0) is 27.6. The number of pyridine rings is 1. The van der Waals surface area contributed by atoms with Crippen molar-refractivity contribution in [1.82, 2.24) is 15.0 Å². The van der Waals surface area contributed by atoms with Gasteiger partial charge in [0.2, 0.25) is 0 Å². The molecule has 0 aliphatic heterocycles. The first-order valence-electron chi connectivity index (χ1n) is 11.2. The number of alkyl halides is 3. The number of ether oxygens (including phenoxy) is 1.